The maximum absolute atomic E-state index is 13.6. The molecule has 0 radical (unpaired) electrons. The Morgan fingerprint density at radius 1 is 1.03 bits per heavy atom. The lowest BCUT2D eigenvalue weighted by Gasteiger charge is -2.36. The van der Waals surface area contributed by atoms with Gasteiger partial charge in [0.05, 0.1) is 22.7 Å². The Hall–Kier alpha value is -3.03. The number of rotatable bonds is 2. The molecular weight excluding hydrogens is 433 g/mol. The van der Waals surface area contributed by atoms with Crippen LogP contribution >= 0.6 is 0 Å². The van der Waals surface area contributed by atoms with E-state index in [-0.39, 0.29) is 30.5 Å². The Balaban J connectivity index is 1.99. The van der Waals surface area contributed by atoms with Crippen molar-refractivity contribution in [1.82, 2.24) is 9.80 Å². The smallest absolute Gasteiger partial charge is 0.417 e. The second-order valence-electron chi connectivity index (χ2n) is 8.59. The number of amides is 2. The van der Waals surface area contributed by atoms with Crippen molar-refractivity contribution in [2.45, 2.75) is 38.9 Å². The van der Waals surface area contributed by atoms with E-state index < -0.39 is 23.7 Å². The Morgan fingerprint density at radius 3 is 2.36 bits per heavy atom. The molecule has 1 aliphatic rings. The number of nitrogens with zero attached hydrogens (tertiary/aromatic N) is 2. The van der Waals surface area contributed by atoms with Crippen molar-refractivity contribution in [2.24, 2.45) is 5.92 Å². The van der Waals surface area contributed by atoms with Crippen LogP contribution in [0, 0.1) is 5.92 Å². The van der Waals surface area contributed by atoms with E-state index in [1.807, 2.05) is 13.8 Å². The van der Waals surface area contributed by atoms with E-state index in [4.69, 9.17) is 4.74 Å². The van der Waals surface area contributed by atoms with Crippen LogP contribution in [-0.2, 0) is 6.18 Å². The van der Waals surface area contributed by atoms with Gasteiger partial charge in [-0.3, -0.25) is 9.59 Å². The van der Waals surface area contributed by atoms with Gasteiger partial charge in [-0.05, 0) is 43.0 Å². The van der Waals surface area contributed by atoms with E-state index in [1.165, 1.54) is 23.1 Å². The van der Waals surface area contributed by atoms with Crippen molar-refractivity contribution in [2.75, 3.05) is 26.7 Å². The molecule has 0 unspecified atom stereocenters. The van der Waals surface area contributed by atoms with Gasteiger partial charge < -0.3 is 14.5 Å². The molecule has 0 aromatic heterocycles. The first-order valence-electron chi connectivity index (χ1n) is 11.1. The van der Waals surface area contributed by atoms with Gasteiger partial charge in [-0.25, -0.2) is 0 Å². The summed E-state index contributed by atoms with van der Waals surface area (Å²) in [6.07, 6.45) is -3.48. The summed E-state index contributed by atoms with van der Waals surface area (Å²) >= 11 is 0. The molecule has 1 atom stereocenters. The summed E-state index contributed by atoms with van der Waals surface area (Å²) in [7, 11) is 1.70. The predicted octanol–water partition coefficient (Wildman–Crippen LogP) is 5.12. The molecule has 0 fully saturated rings. The largest absolute Gasteiger partial charge is 0.491 e. The van der Waals surface area contributed by atoms with E-state index in [0.717, 1.165) is 6.07 Å². The number of para-hydroxylation sites is 1. The van der Waals surface area contributed by atoms with Gasteiger partial charge in [-0.2, -0.15) is 13.2 Å². The molecule has 0 N–H and O–H groups in total. The van der Waals surface area contributed by atoms with Gasteiger partial charge in [-0.15, -0.1) is 0 Å². The highest BCUT2D eigenvalue weighted by Gasteiger charge is 2.37. The van der Waals surface area contributed by atoms with Gasteiger partial charge in [0.1, 0.15) is 12.4 Å². The van der Waals surface area contributed by atoms with Crippen LogP contribution in [-0.4, -0.2) is 54.4 Å². The third-order valence-electron chi connectivity index (χ3n) is 5.91. The van der Waals surface area contributed by atoms with E-state index in [0.29, 0.717) is 30.7 Å². The maximum Gasteiger partial charge on any atom is 0.417 e. The van der Waals surface area contributed by atoms with Crippen LogP contribution in [0.4, 0.5) is 13.2 Å². The zero-order valence-corrected chi connectivity index (χ0v) is 19.1. The summed E-state index contributed by atoms with van der Waals surface area (Å²) in [5, 5.41) is 0. The molecule has 178 valence electrons. The third kappa shape index (κ3) is 5.67. The zero-order chi connectivity index (χ0) is 24.2. The normalized spacial score (nSPS) is 18.3. The number of fused-ring (bicyclic) bond motifs is 1. The van der Waals surface area contributed by atoms with Crippen LogP contribution in [0.3, 0.4) is 0 Å². The van der Waals surface area contributed by atoms with Gasteiger partial charge in [0.2, 0.25) is 0 Å². The Labute approximate surface area is 192 Å². The first-order valence-corrected chi connectivity index (χ1v) is 11.1. The summed E-state index contributed by atoms with van der Waals surface area (Å²) < 4.78 is 46.8. The molecule has 0 bridgehead atoms. The Bertz CT molecular complexity index is 991. The molecule has 3 rings (SSSR count). The van der Waals surface area contributed by atoms with Crippen molar-refractivity contribution in [1.29, 1.82) is 0 Å². The molecule has 1 heterocycles. The first kappa shape index (κ1) is 24.6. The molecule has 2 aromatic rings. The lowest BCUT2D eigenvalue weighted by molar-refractivity contribution is -0.138. The average Bonchev–Trinajstić information content (AvgIpc) is 2.78. The molecule has 8 heteroatoms. The number of halogens is 3. The van der Waals surface area contributed by atoms with Crippen LogP contribution in [0.15, 0.2) is 48.5 Å². The van der Waals surface area contributed by atoms with E-state index in [2.05, 4.69) is 0 Å². The molecule has 1 aliphatic heterocycles. The molecule has 2 aromatic carbocycles. The number of ether oxygens (including phenoxy) is 1. The average molecular weight is 463 g/mol. The predicted molar refractivity (Wildman–Crippen MR) is 119 cm³/mol. The fourth-order valence-electron chi connectivity index (χ4n) is 4.01. The minimum Gasteiger partial charge on any atom is -0.491 e. The van der Waals surface area contributed by atoms with Crippen molar-refractivity contribution in [3.05, 3.63) is 65.2 Å². The van der Waals surface area contributed by atoms with Crippen LogP contribution < -0.4 is 4.74 Å². The molecule has 0 saturated carbocycles. The van der Waals surface area contributed by atoms with E-state index in [1.54, 1.807) is 36.2 Å². The maximum atomic E-state index is 13.6. The fraction of sp³-hybridized carbons (Fsp3) is 0.440. The number of carbonyl (C=O) groups is 2. The minimum absolute atomic E-state index is 0.0611. The summed E-state index contributed by atoms with van der Waals surface area (Å²) in [4.78, 5) is 29.4. The molecule has 5 nitrogen and oxygen atoms in total. The third-order valence-corrected chi connectivity index (χ3v) is 5.91. The second kappa shape index (κ2) is 10.3. The monoisotopic (exact) mass is 462 g/mol. The first-order chi connectivity index (χ1) is 15.6. The van der Waals surface area contributed by atoms with Crippen molar-refractivity contribution in [3.63, 3.8) is 0 Å². The molecule has 33 heavy (non-hydrogen) atoms. The highest BCUT2D eigenvalue weighted by molar-refractivity contribution is 5.97. The van der Waals surface area contributed by atoms with Crippen LogP contribution in [0.5, 0.6) is 5.75 Å². The molecule has 0 aliphatic carbocycles. The number of carbonyl (C=O) groups excluding carboxylic acids is 2. The summed E-state index contributed by atoms with van der Waals surface area (Å²) in [6, 6.07) is 11.3. The standard InChI is InChI=1S/C25H29F3N2O3/c1-17(2)21-16-33-22-13-7-5-11-19(22)23(31)29(3)14-8-9-15-30(21)24(32)18-10-4-6-12-20(18)25(26,27)28/h4-7,10-13,17,21H,8-9,14-16H2,1-3H3/t21-/m1/s1. The summed E-state index contributed by atoms with van der Waals surface area (Å²) in [5.41, 5.74) is -0.890. The van der Waals surface area contributed by atoms with Crippen LogP contribution in [0.1, 0.15) is 53.0 Å². The molecule has 2 amide bonds. The lowest BCUT2D eigenvalue weighted by Crippen LogP contribution is -2.48. The fourth-order valence-corrected chi connectivity index (χ4v) is 4.01. The van der Waals surface area contributed by atoms with E-state index >= 15 is 0 Å². The van der Waals surface area contributed by atoms with Crippen LogP contribution in [0.2, 0.25) is 0 Å². The summed E-state index contributed by atoms with van der Waals surface area (Å²) in [5.74, 6) is -0.511. The number of hydrogen-bond acceptors (Lipinski definition) is 3. The zero-order valence-electron chi connectivity index (χ0n) is 19.1. The molecular formula is C25H29F3N2O3. The van der Waals surface area contributed by atoms with Crippen molar-refractivity contribution < 1.29 is 27.5 Å². The van der Waals surface area contributed by atoms with Crippen LogP contribution in [0.25, 0.3) is 0 Å². The number of benzene rings is 2. The van der Waals surface area contributed by atoms with Gasteiger partial charge in [0.15, 0.2) is 0 Å². The Kier molecular flexibility index (Phi) is 7.66. The van der Waals surface area contributed by atoms with Gasteiger partial charge in [0.25, 0.3) is 11.8 Å². The molecule has 0 spiro atoms. The van der Waals surface area contributed by atoms with Crippen molar-refractivity contribution >= 4 is 11.8 Å². The quantitative estimate of drug-likeness (QED) is 0.623. The topological polar surface area (TPSA) is 49.9 Å². The number of alkyl halides is 3. The summed E-state index contributed by atoms with van der Waals surface area (Å²) in [6.45, 7) is 4.59. The Morgan fingerprint density at radius 2 is 1.67 bits per heavy atom. The van der Waals surface area contributed by atoms with Gasteiger partial charge in [-0.1, -0.05) is 38.1 Å². The molecule has 0 saturated heterocycles. The lowest BCUT2D eigenvalue weighted by atomic mass is 9.99. The van der Waals surface area contributed by atoms with Gasteiger partial charge >= 0.3 is 6.18 Å². The van der Waals surface area contributed by atoms with E-state index in [9.17, 15) is 22.8 Å². The second-order valence-corrected chi connectivity index (χ2v) is 8.59. The highest BCUT2D eigenvalue weighted by atomic mass is 19.4. The van der Waals surface area contributed by atoms with Crippen molar-refractivity contribution in [3.8, 4) is 5.75 Å². The van der Waals surface area contributed by atoms with Gasteiger partial charge in [0, 0.05) is 20.1 Å². The SMILES string of the molecule is CC(C)[C@H]1COc2ccccc2C(=O)N(C)CCCCN1C(=O)c1ccccc1C(F)(F)F. The highest BCUT2D eigenvalue weighted by Crippen LogP contribution is 2.33. The minimum atomic E-state index is -4.63. The number of hydrogen-bond donors (Lipinski definition) is 0.